The third-order valence-corrected chi connectivity index (χ3v) is 5.25. The van der Waals surface area contributed by atoms with E-state index in [1.807, 2.05) is 43.4 Å². The highest BCUT2D eigenvalue weighted by atomic mass is 16.2. The number of amides is 3. The van der Waals surface area contributed by atoms with Crippen molar-refractivity contribution >= 4 is 40.4 Å². The highest BCUT2D eigenvalue weighted by Crippen LogP contribution is 2.24. The van der Waals surface area contributed by atoms with Crippen LogP contribution in [0, 0.1) is 0 Å². The molecule has 2 aromatic heterocycles. The van der Waals surface area contributed by atoms with E-state index in [2.05, 4.69) is 20.2 Å². The first-order chi connectivity index (χ1) is 14.5. The van der Waals surface area contributed by atoms with Crippen LogP contribution in [-0.2, 0) is 4.79 Å². The normalized spacial score (nSPS) is 15.4. The van der Waals surface area contributed by atoms with Gasteiger partial charge in [-0.05, 0) is 30.8 Å². The molecule has 1 fully saturated rings. The van der Waals surface area contributed by atoms with Crippen molar-refractivity contribution in [3.8, 4) is 0 Å². The van der Waals surface area contributed by atoms with Crippen molar-refractivity contribution in [2.45, 2.75) is 0 Å². The quantitative estimate of drug-likeness (QED) is 0.580. The van der Waals surface area contributed by atoms with Crippen molar-refractivity contribution in [3.63, 3.8) is 0 Å². The number of piperazine rings is 1. The summed E-state index contributed by atoms with van der Waals surface area (Å²) < 4.78 is 0. The maximum absolute atomic E-state index is 12.5. The smallest absolute Gasteiger partial charge is 0.323 e. The number of aromatic nitrogens is 2. The van der Waals surface area contributed by atoms with E-state index in [4.69, 9.17) is 5.73 Å². The molecular formula is C22H24N6O2. The van der Waals surface area contributed by atoms with Crippen molar-refractivity contribution in [1.82, 2.24) is 19.8 Å². The van der Waals surface area contributed by atoms with E-state index in [1.165, 1.54) is 0 Å². The summed E-state index contributed by atoms with van der Waals surface area (Å²) in [6, 6.07) is 12.8. The van der Waals surface area contributed by atoms with Gasteiger partial charge >= 0.3 is 6.03 Å². The van der Waals surface area contributed by atoms with Crippen LogP contribution in [0.2, 0.25) is 0 Å². The number of hydrogen-bond donors (Lipinski definition) is 3. The van der Waals surface area contributed by atoms with Crippen molar-refractivity contribution in [2.24, 2.45) is 5.73 Å². The Bertz CT molecular complexity index is 1100. The zero-order chi connectivity index (χ0) is 21.1. The molecule has 8 nitrogen and oxygen atoms in total. The van der Waals surface area contributed by atoms with Crippen LogP contribution in [0.4, 0.5) is 10.6 Å². The summed E-state index contributed by atoms with van der Waals surface area (Å²) in [5, 5.41) is 3.70. The SMILES string of the molecule is CN1CCN(C(=O)Nc2ccc3c(/C=C(\C(N)=O)c4ccccc4)c[nH]c3n2)CC1. The average molecular weight is 404 g/mol. The van der Waals surface area contributed by atoms with Gasteiger partial charge in [0.2, 0.25) is 5.91 Å². The van der Waals surface area contributed by atoms with Gasteiger partial charge in [0.15, 0.2) is 0 Å². The molecule has 1 saturated heterocycles. The number of carbonyl (C=O) groups is 2. The lowest BCUT2D eigenvalue weighted by Gasteiger charge is -2.32. The summed E-state index contributed by atoms with van der Waals surface area (Å²) in [6.45, 7) is 3.10. The lowest BCUT2D eigenvalue weighted by Crippen LogP contribution is -2.48. The number of carbonyl (C=O) groups excluding carboxylic acids is 2. The number of nitrogens with one attached hydrogen (secondary N) is 2. The molecule has 3 aromatic rings. The topological polar surface area (TPSA) is 107 Å². The summed E-state index contributed by atoms with van der Waals surface area (Å²) in [6.07, 6.45) is 3.52. The molecule has 0 unspecified atom stereocenters. The van der Waals surface area contributed by atoms with E-state index in [0.717, 1.165) is 29.6 Å². The van der Waals surface area contributed by atoms with Crippen LogP contribution in [0.25, 0.3) is 22.7 Å². The van der Waals surface area contributed by atoms with Gasteiger partial charge < -0.3 is 20.5 Å². The van der Waals surface area contributed by atoms with Crippen LogP contribution in [0.5, 0.6) is 0 Å². The van der Waals surface area contributed by atoms with Gasteiger partial charge in [-0.25, -0.2) is 9.78 Å². The number of anilines is 1. The molecule has 30 heavy (non-hydrogen) atoms. The number of H-pyrrole nitrogens is 1. The first-order valence-electron chi connectivity index (χ1n) is 9.81. The number of hydrogen-bond acceptors (Lipinski definition) is 4. The van der Waals surface area contributed by atoms with Crippen LogP contribution < -0.4 is 11.1 Å². The fourth-order valence-corrected chi connectivity index (χ4v) is 3.48. The van der Waals surface area contributed by atoms with Crippen molar-refractivity contribution < 1.29 is 9.59 Å². The minimum Gasteiger partial charge on any atom is -0.366 e. The Balaban J connectivity index is 1.56. The van der Waals surface area contributed by atoms with Gasteiger partial charge in [-0.3, -0.25) is 10.1 Å². The molecule has 0 bridgehead atoms. The van der Waals surface area contributed by atoms with Gasteiger partial charge in [0.1, 0.15) is 11.5 Å². The minimum absolute atomic E-state index is 0.151. The molecule has 8 heteroatoms. The Hall–Kier alpha value is -3.65. The van der Waals surface area contributed by atoms with Crippen LogP contribution in [0.1, 0.15) is 11.1 Å². The predicted molar refractivity (Wildman–Crippen MR) is 118 cm³/mol. The van der Waals surface area contributed by atoms with Gasteiger partial charge in [-0.15, -0.1) is 0 Å². The molecule has 0 radical (unpaired) electrons. The second kappa shape index (κ2) is 8.38. The lowest BCUT2D eigenvalue weighted by molar-refractivity contribution is -0.112. The molecule has 0 atom stereocenters. The molecule has 154 valence electrons. The van der Waals surface area contributed by atoms with Crippen LogP contribution >= 0.6 is 0 Å². The molecule has 1 aliphatic rings. The molecule has 3 heterocycles. The third kappa shape index (κ3) is 4.18. The standard InChI is InChI=1S/C22H24N6O2/c1-27-9-11-28(12-10-27)22(30)26-19-8-7-17-16(14-24-21(17)25-19)13-18(20(23)29)15-5-3-2-4-6-15/h2-8,13-14H,9-12H2,1H3,(H2,23,29)(H2,24,25,26,30)/b18-13-. The molecule has 1 aliphatic heterocycles. The molecule has 1 aromatic carbocycles. The second-order valence-electron chi connectivity index (χ2n) is 7.35. The second-order valence-corrected chi connectivity index (χ2v) is 7.35. The number of aromatic amines is 1. The summed E-state index contributed by atoms with van der Waals surface area (Å²) in [5.41, 5.74) is 8.19. The fraction of sp³-hybridized carbons (Fsp3) is 0.227. The summed E-state index contributed by atoms with van der Waals surface area (Å²) in [4.78, 5) is 36.0. The minimum atomic E-state index is -0.500. The monoisotopic (exact) mass is 404 g/mol. The van der Waals surface area contributed by atoms with Gasteiger partial charge in [0, 0.05) is 48.9 Å². The predicted octanol–water partition coefficient (Wildman–Crippen LogP) is 2.37. The number of benzene rings is 1. The molecular weight excluding hydrogens is 380 g/mol. The number of primary amides is 1. The molecule has 0 saturated carbocycles. The molecule has 0 aliphatic carbocycles. The summed E-state index contributed by atoms with van der Waals surface area (Å²) >= 11 is 0. The largest absolute Gasteiger partial charge is 0.366 e. The lowest BCUT2D eigenvalue weighted by atomic mass is 10.0. The highest BCUT2D eigenvalue weighted by Gasteiger charge is 2.19. The van der Waals surface area contributed by atoms with E-state index < -0.39 is 5.91 Å². The van der Waals surface area contributed by atoms with Crippen LogP contribution in [0.15, 0.2) is 48.7 Å². The van der Waals surface area contributed by atoms with Gasteiger partial charge in [0.05, 0.1) is 0 Å². The Morgan fingerprint density at radius 2 is 1.83 bits per heavy atom. The zero-order valence-electron chi connectivity index (χ0n) is 16.8. The van der Waals surface area contributed by atoms with Gasteiger partial charge in [-0.2, -0.15) is 0 Å². The van der Waals surface area contributed by atoms with Crippen molar-refractivity contribution in [1.29, 1.82) is 0 Å². The third-order valence-electron chi connectivity index (χ3n) is 5.25. The Kier molecular flexibility index (Phi) is 5.49. The molecule has 3 amide bonds. The number of nitrogens with zero attached hydrogens (tertiary/aromatic N) is 3. The zero-order valence-corrected chi connectivity index (χ0v) is 16.8. The van der Waals surface area contributed by atoms with Crippen molar-refractivity contribution in [3.05, 3.63) is 59.8 Å². The van der Waals surface area contributed by atoms with E-state index >= 15 is 0 Å². The molecule has 4 rings (SSSR count). The Morgan fingerprint density at radius 3 is 2.53 bits per heavy atom. The number of rotatable bonds is 4. The summed E-state index contributed by atoms with van der Waals surface area (Å²) in [5.74, 6) is -0.0263. The van der Waals surface area contributed by atoms with Crippen molar-refractivity contribution in [2.75, 3.05) is 38.5 Å². The number of fused-ring (bicyclic) bond motifs is 1. The summed E-state index contributed by atoms with van der Waals surface area (Å²) in [7, 11) is 2.05. The Labute approximate surface area is 174 Å². The number of urea groups is 1. The molecule has 0 spiro atoms. The van der Waals surface area contributed by atoms with E-state index in [-0.39, 0.29) is 6.03 Å². The van der Waals surface area contributed by atoms with E-state index in [0.29, 0.717) is 30.1 Å². The number of pyridine rings is 1. The van der Waals surface area contributed by atoms with Gasteiger partial charge in [0.25, 0.3) is 0 Å². The molecule has 4 N–H and O–H groups in total. The van der Waals surface area contributed by atoms with E-state index in [9.17, 15) is 9.59 Å². The first kappa shape index (κ1) is 19.7. The average Bonchev–Trinajstić information content (AvgIpc) is 3.15. The number of likely N-dealkylation sites (N-methyl/N-ethyl adjacent to an activating group) is 1. The highest BCUT2D eigenvalue weighted by molar-refractivity contribution is 6.24. The van der Waals surface area contributed by atoms with Crippen LogP contribution in [-0.4, -0.2) is 64.9 Å². The Morgan fingerprint density at radius 1 is 1.10 bits per heavy atom. The fourth-order valence-electron chi connectivity index (χ4n) is 3.48. The maximum Gasteiger partial charge on any atom is 0.323 e. The first-order valence-corrected chi connectivity index (χ1v) is 9.81. The van der Waals surface area contributed by atoms with E-state index in [1.54, 1.807) is 23.2 Å². The van der Waals surface area contributed by atoms with Crippen LogP contribution in [0.3, 0.4) is 0 Å². The maximum atomic E-state index is 12.5. The number of nitrogens with two attached hydrogens (primary N) is 1. The van der Waals surface area contributed by atoms with Gasteiger partial charge in [-0.1, -0.05) is 30.3 Å².